The number of hydrogen-bond acceptors (Lipinski definition) is 8. The summed E-state index contributed by atoms with van der Waals surface area (Å²) in [4.78, 5) is 19.2. The maximum Gasteiger partial charge on any atom is 0.237 e. The van der Waals surface area contributed by atoms with E-state index in [4.69, 9.17) is 41.0 Å². The van der Waals surface area contributed by atoms with Gasteiger partial charge in [0.15, 0.2) is 0 Å². The van der Waals surface area contributed by atoms with Crippen molar-refractivity contribution >= 4 is 11.6 Å². The summed E-state index contributed by atoms with van der Waals surface area (Å²) in [5, 5.41) is 7.98. The van der Waals surface area contributed by atoms with Crippen LogP contribution in [0.25, 0.3) is 33.6 Å². The molecule has 6 saturated carbocycles. The average molecular weight is 609 g/mol. The van der Waals surface area contributed by atoms with Crippen molar-refractivity contribution in [2.24, 2.45) is 11.8 Å². The number of ether oxygens (including phenoxy) is 2. The molecular formula is C35H37ClN6O2. The lowest BCUT2D eigenvalue weighted by Gasteiger charge is -2.62. The maximum atomic E-state index is 7.12. The first-order chi connectivity index (χ1) is 21.4. The Hall–Kier alpha value is -3.59. The van der Waals surface area contributed by atoms with E-state index in [0.29, 0.717) is 46.6 Å². The molecule has 2 N–H and O–H groups in total. The number of rotatable bonds is 11. The SMILES string of the molecule is COc1nc(-c2cccc(-c3cccc(-c4cnc(CNC56CC(C5)C6)c(OC)n4)c3Cl)c2C)cnc1CNC12CC(C1)C2. The lowest BCUT2D eigenvalue weighted by Crippen LogP contribution is -2.66. The number of nitrogens with one attached hydrogen (secondary N) is 2. The van der Waals surface area contributed by atoms with Gasteiger partial charge in [-0.2, -0.15) is 0 Å². The van der Waals surface area contributed by atoms with Gasteiger partial charge in [0.2, 0.25) is 11.8 Å². The molecule has 0 saturated heterocycles. The Morgan fingerprint density at radius 1 is 0.705 bits per heavy atom. The van der Waals surface area contributed by atoms with Crippen LogP contribution in [0.4, 0.5) is 0 Å². The van der Waals surface area contributed by atoms with Crippen molar-refractivity contribution in [1.82, 2.24) is 30.6 Å². The maximum absolute atomic E-state index is 7.12. The number of halogens is 1. The molecule has 6 aliphatic carbocycles. The number of benzene rings is 2. The third-order valence-corrected chi connectivity index (χ3v) is 10.9. The minimum atomic E-state index is 0.311. The van der Waals surface area contributed by atoms with Crippen LogP contribution in [-0.4, -0.2) is 45.2 Å². The summed E-state index contributed by atoms with van der Waals surface area (Å²) in [6.45, 7) is 3.41. The van der Waals surface area contributed by atoms with Gasteiger partial charge in [-0.1, -0.05) is 48.0 Å². The van der Waals surface area contributed by atoms with Crippen LogP contribution < -0.4 is 20.1 Å². The van der Waals surface area contributed by atoms with E-state index in [2.05, 4.69) is 29.7 Å². The molecule has 0 spiro atoms. The summed E-state index contributed by atoms with van der Waals surface area (Å²) in [6, 6.07) is 12.2. The molecule has 4 bridgehead atoms. The smallest absolute Gasteiger partial charge is 0.237 e. The van der Waals surface area contributed by atoms with Gasteiger partial charge in [-0.3, -0.25) is 9.97 Å². The van der Waals surface area contributed by atoms with E-state index in [0.717, 1.165) is 56.7 Å². The molecule has 2 heterocycles. The van der Waals surface area contributed by atoms with Gasteiger partial charge in [-0.15, -0.1) is 0 Å². The van der Waals surface area contributed by atoms with Gasteiger partial charge in [-0.05, 0) is 68.4 Å². The summed E-state index contributed by atoms with van der Waals surface area (Å²) in [5.74, 6) is 2.92. The quantitative estimate of drug-likeness (QED) is 0.198. The fourth-order valence-electron chi connectivity index (χ4n) is 7.70. The van der Waals surface area contributed by atoms with E-state index in [-0.39, 0.29) is 0 Å². The molecular weight excluding hydrogens is 572 g/mol. The molecule has 10 rings (SSSR count). The van der Waals surface area contributed by atoms with Crippen molar-refractivity contribution in [3.63, 3.8) is 0 Å². The highest BCUT2D eigenvalue weighted by atomic mass is 35.5. The van der Waals surface area contributed by atoms with Gasteiger partial charge < -0.3 is 20.1 Å². The van der Waals surface area contributed by atoms with E-state index in [1.807, 2.05) is 30.5 Å². The van der Waals surface area contributed by atoms with E-state index < -0.39 is 0 Å². The van der Waals surface area contributed by atoms with E-state index in [1.165, 1.54) is 38.5 Å². The van der Waals surface area contributed by atoms with Crippen LogP contribution in [0.5, 0.6) is 11.8 Å². The van der Waals surface area contributed by atoms with Crippen LogP contribution in [0.1, 0.15) is 55.5 Å². The van der Waals surface area contributed by atoms with Crippen molar-refractivity contribution in [3.05, 3.63) is 70.8 Å². The number of methoxy groups -OCH3 is 2. The van der Waals surface area contributed by atoms with Crippen molar-refractivity contribution < 1.29 is 9.47 Å². The molecule has 2 aromatic heterocycles. The average Bonchev–Trinajstić information content (AvgIpc) is 2.95. The van der Waals surface area contributed by atoms with E-state index >= 15 is 0 Å². The zero-order chi connectivity index (χ0) is 30.1. The monoisotopic (exact) mass is 608 g/mol. The highest BCUT2D eigenvalue weighted by molar-refractivity contribution is 6.36. The zero-order valence-corrected chi connectivity index (χ0v) is 26.2. The van der Waals surface area contributed by atoms with Crippen molar-refractivity contribution in [3.8, 4) is 45.4 Å². The second-order valence-electron chi connectivity index (χ2n) is 13.3. The third-order valence-electron chi connectivity index (χ3n) is 10.5. The molecule has 226 valence electrons. The van der Waals surface area contributed by atoms with Gasteiger partial charge in [0.25, 0.3) is 0 Å². The summed E-state index contributed by atoms with van der Waals surface area (Å²) in [5.41, 5.74) is 8.50. The highest BCUT2D eigenvalue weighted by Gasteiger charge is 2.56. The largest absolute Gasteiger partial charge is 0.480 e. The van der Waals surface area contributed by atoms with Gasteiger partial charge in [0.05, 0.1) is 43.0 Å². The zero-order valence-electron chi connectivity index (χ0n) is 25.4. The number of hydrogen-bond donors (Lipinski definition) is 2. The van der Waals surface area contributed by atoms with E-state index in [9.17, 15) is 0 Å². The standard InChI is InChI=1S/C35H37ClN6O2/c1-20-23(6-4-7-24(20)27-16-37-29(32(41-27)43-2)18-39-34-10-21(11-34)12-34)25-8-5-9-26(31(25)36)28-17-38-30(33(42-28)44-3)19-40-35-13-22(14-35)15-35/h4-9,16-17,21-22,39-40H,10-15,18-19H2,1-3H3. The Morgan fingerprint density at radius 2 is 1.16 bits per heavy atom. The van der Waals surface area contributed by atoms with Crippen LogP contribution in [0, 0.1) is 18.8 Å². The predicted molar refractivity (Wildman–Crippen MR) is 171 cm³/mol. The minimum absolute atomic E-state index is 0.311. The molecule has 9 heteroatoms. The molecule has 2 aromatic carbocycles. The topological polar surface area (TPSA) is 94.1 Å². The minimum Gasteiger partial charge on any atom is -0.480 e. The fourth-order valence-corrected chi connectivity index (χ4v) is 8.02. The molecule has 0 radical (unpaired) electrons. The van der Waals surface area contributed by atoms with Crippen LogP contribution in [-0.2, 0) is 13.1 Å². The van der Waals surface area contributed by atoms with Crippen molar-refractivity contribution in [2.75, 3.05) is 14.2 Å². The molecule has 0 unspecified atom stereocenters. The Bertz CT molecular complexity index is 1610. The summed E-state index contributed by atoms with van der Waals surface area (Å²) >= 11 is 7.12. The Labute approximate surface area is 263 Å². The molecule has 4 aromatic rings. The van der Waals surface area contributed by atoms with Crippen LogP contribution in [0.2, 0.25) is 5.02 Å². The normalized spacial score (nSPS) is 25.7. The lowest BCUT2D eigenvalue weighted by atomic mass is 9.50. The first-order valence-corrected chi connectivity index (χ1v) is 16.0. The van der Waals surface area contributed by atoms with Gasteiger partial charge >= 0.3 is 0 Å². The van der Waals surface area contributed by atoms with Crippen molar-refractivity contribution in [2.45, 2.75) is 69.6 Å². The Balaban J connectivity index is 1.06. The number of nitrogens with zero attached hydrogens (tertiary/aromatic N) is 4. The second kappa shape index (κ2) is 10.5. The molecule has 6 fully saturated rings. The lowest BCUT2D eigenvalue weighted by molar-refractivity contribution is -0.0524. The van der Waals surface area contributed by atoms with Crippen molar-refractivity contribution in [1.29, 1.82) is 0 Å². The number of aromatic nitrogens is 4. The first kappa shape index (κ1) is 27.9. The molecule has 0 amide bonds. The van der Waals surface area contributed by atoms with Crippen LogP contribution >= 0.6 is 11.6 Å². The van der Waals surface area contributed by atoms with Crippen LogP contribution in [0.3, 0.4) is 0 Å². The van der Waals surface area contributed by atoms with E-state index in [1.54, 1.807) is 20.4 Å². The molecule has 6 aliphatic rings. The Morgan fingerprint density at radius 3 is 1.64 bits per heavy atom. The van der Waals surface area contributed by atoms with Gasteiger partial charge in [-0.25, -0.2) is 9.97 Å². The highest BCUT2D eigenvalue weighted by Crippen LogP contribution is 2.57. The van der Waals surface area contributed by atoms with Gasteiger partial charge in [0, 0.05) is 40.9 Å². The molecule has 8 nitrogen and oxygen atoms in total. The molecule has 0 aliphatic heterocycles. The third kappa shape index (κ3) is 4.57. The van der Waals surface area contributed by atoms with Gasteiger partial charge in [0.1, 0.15) is 11.4 Å². The Kier molecular flexibility index (Phi) is 6.66. The molecule has 0 atom stereocenters. The van der Waals surface area contributed by atoms with Crippen LogP contribution in [0.15, 0.2) is 48.8 Å². The predicted octanol–water partition coefficient (Wildman–Crippen LogP) is 6.53. The molecule has 44 heavy (non-hydrogen) atoms. The summed E-state index contributed by atoms with van der Waals surface area (Å²) in [7, 11) is 3.30. The summed E-state index contributed by atoms with van der Waals surface area (Å²) < 4.78 is 11.3. The second-order valence-corrected chi connectivity index (χ2v) is 13.7. The first-order valence-electron chi connectivity index (χ1n) is 15.6. The summed E-state index contributed by atoms with van der Waals surface area (Å²) in [6.07, 6.45) is 11.3. The fraction of sp³-hybridized carbons (Fsp3) is 0.429.